The highest BCUT2D eigenvalue weighted by Gasteiger charge is 2.14. The van der Waals surface area contributed by atoms with Gasteiger partial charge in [-0.3, -0.25) is 4.79 Å². The molecular weight excluding hydrogens is 518 g/mol. The van der Waals surface area contributed by atoms with Gasteiger partial charge in [-0.05, 0) is 116 Å². The number of aryl methyl sites for hydroxylation is 4. The number of carbonyl (C=O) groups excluding carboxylic acids is 1. The molecule has 4 aromatic rings. The first-order valence-corrected chi connectivity index (χ1v) is 12.9. The predicted molar refractivity (Wildman–Crippen MR) is 150 cm³/mol. The molecule has 1 N–H and O–H groups in total. The van der Waals surface area contributed by atoms with Gasteiger partial charge in [0.25, 0.3) is 5.91 Å². The fraction of sp³-hybridized carbons (Fsp3) is 0.321. The normalized spacial score (nSPS) is 11.1. The molecule has 3 aromatic carbocycles. The van der Waals surface area contributed by atoms with Crippen LogP contribution in [0.3, 0.4) is 0 Å². The van der Waals surface area contributed by atoms with E-state index in [-0.39, 0.29) is 12.5 Å². The third-order valence-electron chi connectivity index (χ3n) is 6.25. The first kappa shape index (κ1) is 25.7. The van der Waals surface area contributed by atoms with Crippen molar-refractivity contribution in [1.82, 2.24) is 15.0 Å². The summed E-state index contributed by atoms with van der Waals surface area (Å²) in [6, 6.07) is 14.1. The van der Waals surface area contributed by atoms with Crippen molar-refractivity contribution in [1.29, 1.82) is 0 Å². The molecule has 188 valence electrons. The maximum absolute atomic E-state index is 12.7. The van der Waals surface area contributed by atoms with E-state index in [2.05, 4.69) is 65.1 Å². The average Bonchev–Trinajstić information content (AvgIpc) is 3.21. The summed E-state index contributed by atoms with van der Waals surface area (Å²) < 4.78 is 6.64. The van der Waals surface area contributed by atoms with Crippen LogP contribution < -0.4 is 15.0 Å². The first-order chi connectivity index (χ1) is 17.2. The first-order valence-electron chi connectivity index (χ1n) is 12.1. The second-order valence-corrected chi connectivity index (χ2v) is 9.87. The van der Waals surface area contributed by atoms with Crippen LogP contribution in [0.4, 0.5) is 11.4 Å². The number of ether oxygens (including phenoxy) is 1. The third-order valence-corrected chi connectivity index (χ3v) is 6.84. The molecule has 1 heterocycles. The maximum atomic E-state index is 12.7. The smallest absolute Gasteiger partial charge is 0.262 e. The molecule has 0 aliphatic rings. The van der Waals surface area contributed by atoms with Crippen LogP contribution in [0.15, 0.2) is 46.9 Å². The zero-order valence-corrected chi connectivity index (χ0v) is 23.2. The van der Waals surface area contributed by atoms with Gasteiger partial charge >= 0.3 is 0 Å². The Morgan fingerprint density at radius 3 is 2.28 bits per heavy atom. The molecule has 0 fully saturated rings. The molecule has 8 heteroatoms. The van der Waals surface area contributed by atoms with Gasteiger partial charge in [0.05, 0.1) is 10.2 Å². The number of benzene rings is 3. The Labute approximate surface area is 220 Å². The van der Waals surface area contributed by atoms with Crippen molar-refractivity contribution in [2.75, 3.05) is 29.9 Å². The SMILES string of the molecule is CCN(CC)c1ccc(-n2nc3cc(C)c(NC(=O)COc4c(C)cc(C)cc4Br)cc3n2)c(C)c1. The number of nitrogens with zero attached hydrogens (tertiary/aromatic N) is 4. The number of hydrogen-bond acceptors (Lipinski definition) is 5. The quantitative estimate of drug-likeness (QED) is 0.280. The Bertz CT molecular complexity index is 1400. The van der Waals surface area contributed by atoms with Crippen LogP contribution in [-0.2, 0) is 4.79 Å². The molecule has 0 saturated carbocycles. The van der Waals surface area contributed by atoms with E-state index < -0.39 is 0 Å². The van der Waals surface area contributed by atoms with Crippen molar-refractivity contribution in [2.45, 2.75) is 41.5 Å². The van der Waals surface area contributed by atoms with Gasteiger partial charge in [0.1, 0.15) is 16.8 Å². The highest BCUT2D eigenvalue weighted by atomic mass is 79.9. The molecule has 4 rings (SSSR count). The number of halogens is 1. The second kappa shape index (κ2) is 10.7. The number of carbonyl (C=O) groups is 1. The summed E-state index contributed by atoms with van der Waals surface area (Å²) in [6.07, 6.45) is 0. The highest BCUT2D eigenvalue weighted by molar-refractivity contribution is 9.10. The number of nitrogens with one attached hydrogen (secondary N) is 1. The maximum Gasteiger partial charge on any atom is 0.262 e. The van der Waals surface area contributed by atoms with Gasteiger partial charge in [-0.1, -0.05) is 6.07 Å². The molecule has 7 nitrogen and oxygen atoms in total. The van der Waals surface area contributed by atoms with Crippen LogP contribution in [0, 0.1) is 27.7 Å². The molecule has 1 aromatic heterocycles. The van der Waals surface area contributed by atoms with E-state index in [1.807, 2.05) is 45.0 Å². The second-order valence-electron chi connectivity index (χ2n) is 9.02. The monoisotopic (exact) mass is 549 g/mol. The van der Waals surface area contributed by atoms with E-state index in [1.165, 1.54) is 5.69 Å². The summed E-state index contributed by atoms with van der Waals surface area (Å²) in [7, 11) is 0. The van der Waals surface area contributed by atoms with Gasteiger partial charge in [0, 0.05) is 24.5 Å². The molecular formula is C28H32BrN5O2. The number of fused-ring (bicyclic) bond motifs is 1. The Morgan fingerprint density at radius 2 is 1.64 bits per heavy atom. The van der Waals surface area contributed by atoms with Crippen molar-refractivity contribution in [3.05, 3.63) is 69.2 Å². The van der Waals surface area contributed by atoms with E-state index in [1.54, 1.807) is 4.80 Å². The van der Waals surface area contributed by atoms with Crippen LogP contribution in [-0.4, -0.2) is 40.6 Å². The van der Waals surface area contributed by atoms with E-state index in [0.717, 1.165) is 51.0 Å². The van der Waals surface area contributed by atoms with Crippen molar-refractivity contribution >= 4 is 44.2 Å². The van der Waals surface area contributed by atoms with E-state index in [4.69, 9.17) is 14.9 Å². The molecule has 0 atom stereocenters. The van der Waals surface area contributed by atoms with E-state index in [0.29, 0.717) is 17.0 Å². The topological polar surface area (TPSA) is 72.3 Å². The largest absolute Gasteiger partial charge is 0.482 e. The molecule has 36 heavy (non-hydrogen) atoms. The van der Waals surface area contributed by atoms with E-state index >= 15 is 0 Å². The van der Waals surface area contributed by atoms with Crippen molar-refractivity contribution in [3.8, 4) is 11.4 Å². The summed E-state index contributed by atoms with van der Waals surface area (Å²) in [5.74, 6) is 0.438. The zero-order chi connectivity index (χ0) is 26.0. The van der Waals surface area contributed by atoms with Crippen LogP contribution in [0.5, 0.6) is 5.75 Å². The lowest BCUT2D eigenvalue weighted by Gasteiger charge is -2.22. The summed E-state index contributed by atoms with van der Waals surface area (Å²) >= 11 is 3.52. The summed E-state index contributed by atoms with van der Waals surface area (Å²) in [6.45, 7) is 14.1. The predicted octanol–water partition coefficient (Wildman–Crippen LogP) is 6.28. The van der Waals surface area contributed by atoms with Crippen LogP contribution in [0.2, 0.25) is 0 Å². The van der Waals surface area contributed by atoms with Gasteiger partial charge in [-0.25, -0.2) is 0 Å². The Balaban J connectivity index is 1.52. The third kappa shape index (κ3) is 5.38. The van der Waals surface area contributed by atoms with E-state index in [9.17, 15) is 4.79 Å². The number of anilines is 2. The van der Waals surface area contributed by atoms with Crippen LogP contribution >= 0.6 is 15.9 Å². The fourth-order valence-corrected chi connectivity index (χ4v) is 5.16. The lowest BCUT2D eigenvalue weighted by Crippen LogP contribution is -2.21. The van der Waals surface area contributed by atoms with Gasteiger partial charge in [0.15, 0.2) is 6.61 Å². The Hall–Kier alpha value is -3.39. The number of hydrogen-bond donors (Lipinski definition) is 1. The average molecular weight is 551 g/mol. The molecule has 0 bridgehead atoms. The molecule has 0 aliphatic carbocycles. The van der Waals surface area contributed by atoms with Gasteiger partial charge in [-0.15, -0.1) is 10.2 Å². The fourth-order valence-electron chi connectivity index (χ4n) is 4.37. The number of aromatic nitrogens is 3. The number of amides is 1. The zero-order valence-electron chi connectivity index (χ0n) is 21.6. The lowest BCUT2D eigenvalue weighted by molar-refractivity contribution is -0.118. The standard InChI is InChI=1S/C28H32BrN5O2/c1-7-33(8-2)21-9-10-26(19(5)13-21)34-31-24-14-18(4)23(15-25(24)32-34)30-27(35)16-36-28-20(6)11-17(3)12-22(28)29/h9-15H,7-8,16H2,1-6H3,(H,30,35). The van der Waals surface area contributed by atoms with Crippen LogP contribution in [0.1, 0.15) is 36.1 Å². The highest BCUT2D eigenvalue weighted by Crippen LogP contribution is 2.30. The summed E-state index contributed by atoms with van der Waals surface area (Å²) in [5.41, 5.74) is 8.40. The number of rotatable bonds is 8. The summed E-state index contributed by atoms with van der Waals surface area (Å²) in [5, 5.41) is 12.3. The minimum atomic E-state index is -0.237. The van der Waals surface area contributed by atoms with Gasteiger partial charge in [-0.2, -0.15) is 4.80 Å². The Kier molecular flexibility index (Phi) is 7.64. The molecule has 0 radical (unpaired) electrons. The Morgan fingerprint density at radius 1 is 0.944 bits per heavy atom. The lowest BCUT2D eigenvalue weighted by atomic mass is 10.1. The molecule has 0 aliphatic heterocycles. The van der Waals surface area contributed by atoms with Crippen LogP contribution in [0.25, 0.3) is 16.7 Å². The minimum absolute atomic E-state index is 0.0925. The molecule has 1 amide bonds. The molecule has 0 spiro atoms. The van der Waals surface area contributed by atoms with Crippen molar-refractivity contribution in [2.24, 2.45) is 0 Å². The van der Waals surface area contributed by atoms with Gasteiger partial charge < -0.3 is 15.0 Å². The van der Waals surface area contributed by atoms with Crippen molar-refractivity contribution in [3.63, 3.8) is 0 Å². The molecule has 0 unspecified atom stereocenters. The minimum Gasteiger partial charge on any atom is -0.482 e. The summed E-state index contributed by atoms with van der Waals surface area (Å²) in [4.78, 5) is 16.6. The van der Waals surface area contributed by atoms with Crippen molar-refractivity contribution < 1.29 is 9.53 Å². The van der Waals surface area contributed by atoms with Gasteiger partial charge in [0.2, 0.25) is 0 Å². The molecule has 0 saturated heterocycles.